The van der Waals surface area contributed by atoms with E-state index in [1.165, 1.54) is 12.1 Å². The van der Waals surface area contributed by atoms with Gasteiger partial charge in [-0.15, -0.1) is 0 Å². The third-order valence-electron chi connectivity index (χ3n) is 3.28. The maximum atomic E-state index is 12.3. The minimum atomic E-state index is -1.14. The summed E-state index contributed by atoms with van der Waals surface area (Å²) in [5.41, 5.74) is 0.0419. The number of benzene rings is 1. The minimum absolute atomic E-state index is 0.0487. The Morgan fingerprint density at radius 1 is 1.29 bits per heavy atom. The Balaban J connectivity index is 2.94. The van der Waals surface area contributed by atoms with Crippen molar-refractivity contribution in [3.05, 3.63) is 33.8 Å². The van der Waals surface area contributed by atoms with Crippen LogP contribution in [0.1, 0.15) is 60.7 Å². The molecule has 0 aliphatic rings. The molecule has 116 valence electrons. The first-order chi connectivity index (χ1) is 9.86. The van der Waals surface area contributed by atoms with Crippen molar-refractivity contribution in [3.8, 4) is 0 Å². The molecule has 0 saturated heterocycles. The van der Waals surface area contributed by atoms with Gasteiger partial charge in [0.2, 0.25) is 0 Å². The lowest BCUT2D eigenvalue weighted by molar-refractivity contribution is 0.0149. The molecular weight excluding hydrogens is 336 g/mol. The van der Waals surface area contributed by atoms with Crippen LogP contribution in [0.5, 0.6) is 0 Å². The fraction of sp³-hybridized carbons (Fsp3) is 0.500. The summed E-state index contributed by atoms with van der Waals surface area (Å²) < 4.78 is 6.13. The van der Waals surface area contributed by atoms with E-state index in [1.807, 2.05) is 13.8 Å². The second-order valence-corrected chi connectivity index (χ2v) is 6.24. The van der Waals surface area contributed by atoms with Gasteiger partial charge in [0, 0.05) is 4.47 Å². The molecule has 0 saturated carbocycles. The molecule has 0 aromatic heterocycles. The van der Waals surface area contributed by atoms with E-state index in [4.69, 9.17) is 4.74 Å². The minimum Gasteiger partial charge on any atom is -0.478 e. The summed E-state index contributed by atoms with van der Waals surface area (Å²) in [6.07, 6.45) is 2.60. The highest BCUT2D eigenvalue weighted by molar-refractivity contribution is 9.10. The Morgan fingerprint density at radius 3 is 2.48 bits per heavy atom. The van der Waals surface area contributed by atoms with Crippen molar-refractivity contribution in [2.45, 2.75) is 46.1 Å². The van der Waals surface area contributed by atoms with Gasteiger partial charge >= 0.3 is 11.9 Å². The molecule has 1 unspecified atom stereocenters. The summed E-state index contributed by atoms with van der Waals surface area (Å²) in [7, 11) is 0. The van der Waals surface area contributed by atoms with Gasteiger partial charge in [0.15, 0.2) is 0 Å². The first-order valence-corrected chi connectivity index (χ1v) is 7.90. The van der Waals surface area contributed by atoms with Gasteiger partial charge in [-0.25, -0.2) is 9.59 Å². The normalized spacial score (nSPS) is 12.2. The maximum Gasteiger partial charge on any atom is 0.339 e. The van der Waals surface area contributed by atoms with Crippen LogP contribution in [0.4, 0.5) is 0 Å². The van der Waals surface area contributed by atoms with E-state index in [0.29, 0.717) is 4.47 Å². The van der Waals surface area contributed by atoms with Crippen LogP contribution in [0.3, 0.4) is 0 Å². The van der Waals surface area contributed by atoms with Gasteiger partial charge in [-0.2, -0.15) is 0 Å². The van der Waals surface area contributed by atoms with E-state index < -0.39 is 11.9 Å². The number of carboxylic acid groups (broad SMARTS) is 1. The highest BCUT2D eigenvalue weighted by Gasteiger charge is 2.23. The molecule has 0 radical (unpaired) electrons. The molecule has 0 heterocycles. The number of hydrogen-bond donors (Lipinski definition) is 1. The monoisotopic (exact) mass is 356 g/mol. The average molecular weight is 357 g/mol. The smallest absolute Gasteiger partial charge is 0.339 e. The molecule has 0 fully saturated rings. The van der Waals surface area contributed by atoms with Gasteiger partial charge in [-0.1, -0.05) is 49.5 Å². The van der Waals surface area contributed by atoms with Crippen LogP contribution in [0, 0.1) is 5.92 Å². The van der Waals surface area contributed by atoms with E-state index in [-0.39, 0.29) is 23.1 Å². The first-order valence-electron chi connectivity index (χ1n) is 7.10. The van der Waals surface area contributed by atoms with Crippen molar-refractivity contribution >= 4 is 27.9 Å². The van der Waals surface area contributed by atoms with Crippen molar-refractivity contribution in [3.63, 3.8) is 0 Å². The van der Waals surface area contributed by atoms with E-state index in [9.17, 15) is 14.7 Å². The first kappa shape index (κ1) is 17.7. The number of unbranched alkanes of at least 4 members (excludes halogenated alkanes) is 1. The Hall–Kier alpha value is -1.36. The van der Waals surface area contributed by atoms with Crippen molar-refractivity contribution < 1.29 is 19.4 Å². The molecule has 0 bridgehead atoms. The predicted octanol–water partition coefficient (Wildman–Crippen LogP) is 4.52. The fourth-order valence-corrected chi connectivity index (χ4v) is 2.37. The summed E-state index contributed by atoms with van der Waals surface area (Å²) in [4.78, 5) is 23.5. The van der Waals surface area contributed by atoms with Gasteiger partial charge in [0.05, 0.1) is 11.1 Å². The molecule has 5 heteroatoms. The molecule has 1 N–H and O–H groups in total. The lowest BCUT2D eigenvalue weighted by Gasteiger charge is -2.21. The number of esters is 1. The van der Waals surface area contributed by atoms with Gasteiger partial charge in [-0.05, 0) is 30.5 Å². The highest BCUT2D eigenvalue weighted by atomic mass is 79.9. The number of carbonyl (C=O) groups is 2. The van der Waals surface area contributed by atoms with Crippen LogP contribution in [-0.4, -0.2) is 23.1 Å². The number of carboxylic acids is 1. The zero-order chi connectivity index (χ0) is 16.0. The van der Waals surface area contributed by atoms with Gasteiger partial charge < -0.3 is 9.84 Å². The van der Waals surface area contributed by atoms with Crippen molar-refractivity contribution in [2.24, 2.45) is 5.92 Å². The van der Waals surface area contributed by atoms with Gasteiger partial charge in [0.25, 0.3) is 0 Å². The molecule has 4 nitrogen and oxygen atoms in total. The SMILES string of the molecule is CCCCC(OC(=O)c1ccc(Br)cc1C(=O)O)C(C)C. The molecule has 1 atom stereocenters. The third-order valence-corrected chi connectivity index (χ3v) is 3.77. The summed E-state index contributed by atoms with van der Waals surface area (Å²) in [6, 6.07) is 4.53. The van der Waals surface area contributed by atoms with Gasteiger partial charge in [0.1, 0.15) is 6.10 Å². The average Bonchev–Trinajstić information content (AvgIpc) is 2.42. The van der Waals surface area contributed by atoms with Crippen LogP contribution in [-0.2, 0) is 4.74 Å². The molecule has 1 rings (SSSR count). The van der Waals surface area contributed by atoms with E-state index >= 15 is 0 Å². The van der Waals surface area contributed by atoms with Crippen LogP contribution in [0.2, 0.25) is 0 Å². The summed E-state index contributed by atoms with van der Waals surface area (Å²) in [6.45, 7) is 6.07. The van der Waals surface area contributed by atoms with Crippen LogP contribution >= 0.6 is 15.9 Å². The van der Waals surface area contributed by atoms with E-state index in [2.05, 4.69) is 22.9 Å². The lowest BCUT2D eigenvalue weighted by atomic mass is 10.0. The Bertz CT molecular complexity index is 511. The van der Waals surface area contributed by atoms with Crippen LogP contribution in [0.25, 0.3) is 0 Å². The topological polar surface area (TPSA) is 63.6 Å². The lowest BCUT2D eigenvalue weighted by Crippen LogP contribution is -2.24. The number of halogens is 1. The van der Waals surface area contributed by atoms with Crippen molar-refractivity contribution in [2.75, 3.05) is 0 Å². The third kappa shape index (κ3) is 5.16. The van der Waals surface area contributed by atoms with Gasteiger partial charge in [-0.3, -0.25) is 0 Å². The number of hydrogen-bond acceptors (Lipinski definition) is 3. The molecule has 0 amide bonds. The molecular formula is C16H21BrO4. The standard InChI is InChI=1S/C16H21BrO4/c1-4-5-6-14(10(2)3)21-16(20)12-8-7-11(17)9-13(12)15(18)19/h7-10,14H,4-6H2,1-3H3,(H,18,19). The van der Waals surface area contributed by atoms with Crippen LogP contribution in [0.15, 0.2) is 22.7 Å². The molecule has 0 aliphatic carbocycles. The molecule has 1 aromatic carbocycles. The van der Waals surface area contributed by atoms with E-state index in [0.717, 1.165) is 19.3 Å². The largest absolute Gasteiger partial charge is 0.478 e. The number of rotatable bonds is 7. The zero-order valence-electron chi connectivity index (χ0n) is 12.6. The second-order valence-electron chi connectivity index (χ2n) is 5.33. The summed E-state index contributed by atoms with van der Waals surface area (Å²) in [5, 5.41) is 9.20. The predicted molar refractivity (Wildman–Crippen MR) is 84.7 cm³/mol. The maximum absolute atomic E-state index is 12.3. The summed E-state index contributed by atoms with van der Waals surface area (Å²) in [5.74, 6) is -1.52. The number of ether oxygens (including phenoxy) is 1. The number of aromatic carboxylic acids is 1. The van der Waals surface area contributed by atoms with Crippen LogP contribution < -0.4 is 0 Å². The van der Waals surface area contributed by atoms with E-state index in [1.54, 1.807) is 6.07 Å². The molecule has 21 heavy (non-hydrogen) atoms. The fourth-order valence-electron chi connectivity index (χ4n) is 2.01. The highest BCUT2D eigenvalue weighted by Crippen LogP contribution is 2.21. The Labute approximate surface area is 133 Å². The number of carbonyl (C=O) groups excluding carboxylic acids is 1. The quantitative estimate of drug-likeness (QED) is 0.729. The molecule has 0 aliphatic heterocycles. The van der Waals surface area contributed by atoms with Crippen molar-refractivity contribution in [1.29, 1.82) is 0 Å². The molecule has 0 spiro atoms. The summed E-state index contributed by atoms with van der Waals surface area (Å²) >= 11 is 3.21. The zero-order valence-corrected chi connectivity index (χ0v) is 14.1. The second kappa shape index (κ2) is 8.17. The Morgan fingerprint density at radius 2 is 1.95 bits per heavy atom. The Kier molecular flexibility index (Phi) is 6.89. The van der Waals surface area contributed by atoms with Crippen molar-refractivity contribution in [1.82, 2.24) is 0 Å². The molecule has 1 aromatic rings.